The van der Waals surface area contributed by atoms with Crippen molar-refractivity contribution in [2.24, 2.45) is 0 Å². The van der Waals surface area contributed by atoms with Crippen LogP contribution in [-0.4, -0.2) is 25.6 Å². The van der Waals surface area contributed by atoms with Gasteiger partial charge in [-0.25, -0.2) is 0 Å². The molecule has 76 valence electrons. The molecule has 2 N–H and O–H groups in total. The van der Waals surface area contributed by atoms with Crippen LogP contribution < -0.4 is 5.32 Å². The van der Waals surface area contributed by atoms with Gasteiger partial charge in [-0.1, -0.05) is 6.58 Å². The van der Waals surface area contributed by atoms with Crippen molar-refractivity contribution >= 4 is 14.2 Å². The first-order valence-electron chi connectivity index (χ1n) is 4.49. The maximum absolute atomic E-state index is 11.0. The summed E-state index contributed by atoms with van der Waals surface area (Å²) >= 11 is 0. The predicted molar refractivity (Wildman–Crippen MR) is 56.9 cm³/mol. The van der Waals surface area contributed by atoms with Gasteiger partial charge in [0.1, 0.15) is 0 Å². The number of nitrogens with one attached hydrogen (secondary N) is 1. The van der Waals surface area contributed by atoms with E-state index < -0.39 is 8.32 Å². The first-order chi connectivity index (χ1) is 5.83. The third-order valence-corrected chi connectivity index (χ3v) is 3.22. The highest BCUT2D eigenvalue weighted by molar-refractivity contribution is 6.69. The summed E-state index contributed by atoms with van der Waals surface area (Å²) in [5, 5.41) is 2.73. The first-order valence-corrected chi connectivity index (χ1v) is 7.64. The Morgan fingerprint density at radius 2 is 2.08 bits per heavy atom. The van der Waals surface area contributed by atoms with Gasteiger partial charge in [-0.05, 0) is 32.5 Å². The van der Waals surface area contributed by atoms with Gasteiger partial charge in [-0.3, -0.25) is 4.79 Å². The van der Waals surface area contributed by atoms with Gasteiger partial charge in [0.15, 0.2) is 8.32 Å². The van der Waals surface area contributed by atoms with E-state index in [0.717, 1.165) is 12.5 Å². The maximum atomic E-state index is 11.0. The lowest BCUT2D eigenvalue weighted by atomic mass is 10.3. The molecule has 0 rings (SSSR count). The molecule has 0 unspecified atom stereocenters. The van der Waals surface area contributed by atoms with Crippen LogP contribution in [-0.2, 0) is 4.79 Å². The molecule has 0 spiro atoms. The summed E-state index contributed by atoms with van der Waals surface area (Å²) in [7, 11) is -1.93. The van der Waals surface area contributed by atoms with Gasteiger partial charge >= 0.3 is 0 Å². The summed E-state index contributed by atoms with van der Waals surface area (Å²) in [6.45, 7) is 9.63. The molecule has 13 heavy (non-hydrogen) atoms. The summed E-state index contributed by atoms with van der Waals surface area (Å²) in [4.78, 5) is 20.5. The normalized spacial score (nSPS) is 11.1. The minimum atomic E-state index is -1.93. The molecule has 0 aromatic rings. The Morgan fingerprint density at radius 3 is 2.46 bits per heavy atom. The average Bonchev–Trinajstić information content (AvgIpc) is 1.95. The molecule has 0 saturated carbocycles. The third-order valence-electron chi connectivity index (χ3n) is 1.64. The van der Waals surface area contributed by atoms with Crippen molar-refractivity contribution in [1.82, 2.24) is 5.32 Å². The van der Waals surface area contributed by atoms with Crippen LogP contribution in [0.1, 0.15) is 13.3 Å². The van der Waals surface area contributed by atoms with E-state index in [2.05, 4.69) is 11.9 Å². The lowest BCUT2D eigenvalue weighted by molar-refractivity contribution is -0.117. The topological polar surface area (TPSA) is 49.3 Å². The van der Waals surface area contributed by atoms with Crippen LogP contribution in [0.2, 0.25) is 19.1 Å². The zero-order valence-electron chi connectivity index (χ0n) is 8.68. The Morgan fingerprint density at radius 1 is 1.54 bits per heavy atom. The fourth-order valence-corrected chi connectivity index (χ4v) is 1.92. The zero-order chi connectivity index (χ0) is 10.5. The molecule has 0 radical (unpaired) electrons. The Hall–Kier alpha value is -0.613. The second kappa shape index (κ2) is 5.19. The molecule has 0 aliphatic carbocycles. The van der Waals surface area contributed by atoms with Crippen LogP contribution in [0.25, 0.3) is 0 Å². The molecule has 0 aliphatic rings. The fourth-order valence-electron chi connectivity index (χ4n) is 0.874. The number of amides is 1. The number of carbonyl (C=O) groups is 1. The quantitative estimate of drug-likeness (QED) is 0.400. The molecule has 0 bridgehead atoms. The molecular formula is C9H19NO2Si. The van der Waals surface area contributed by atoms with Crippen LogP contribution in [0, 0.1) is 0 Å². The summed E-state index contributed by atoms with van der Waals surface area (Å²) in [6, 6.07) is 0.823. The third kappa shape index (κ3) is 7.74. The van der Waals surface area contributed by atoms with Crippen molar-refractivity contribution in [3.05, 3.63) is 12.2 Å². The molecule has 4 heteroatoms. The Labute approximate surface area is 81.0 Å². The number of hydrogen-bond donors (Lipinski definition) is 2. The van der Waals surface area contributed by atoms with Gasteiger partial charge in [0.05, 0.1) is 0 Å². The Kier molecular flexibility index (Phi) is 4.94. The number of rotatable bonds is 5. The Balaban J connectivity index is 3.47. The largest absolute Gasteiger partial charge is 0.432 e. The van der Waals surface area contributed by atoms with Crippen molar-refractivity contribution in [3.8, 4) is 0 Å². The summed E-state index contributed by atoms with van der Waals surface area (Å²) in [5.41, 5.74) is 0.528. The lowest BCUT2D eigenvalue weighted by Gasteiger charge is -2.13. The van der Waals surface area contributed by atoms with Crippen molar-refractivity contribution < 1.29 is 9.59 Å². The van der Waals surface area contributed by atoms with Gasteiger partial charge < -0.3 is 10.1 Å². The molecule has 1 amide bonds. The van der Waals surface area contributed by atoms with Gasteiger partial charge in [0, 0.05) is 12.1 Å². The van der Waals surface area contributed by atoms with E-state index >= 15 is 0 Å². The highest BCUT2D eigenvalue weighted by Crippen LogP contribution is 2.06. The van der Waals surface area contributed by atoms with E-state index in [-0.39, 0.29) is 5.91 Å². The molecule has 0 heterocycles. The fraction of sp³-hybridized carbons (Fsp3) is 0.667. The molecule has 0 aromatic carbocycles. The van der Waals surface area contributed by atoms with Crippen LogP contribution in [0.3, 0.4) is 0 Å². The van der Waals surface area contributed by atoms with E-state index in [0.29, 0.717) is 12.1 Å². The van der Waals surface area contributed by atoms with Crippen molar-refractivity contribution in [1.29, 1.82) is 0 Å². The van der Waals surface area contributed by atoms with Crippen molar-refractivity contribution in [2.45, 2.75) is 32.5 Å². The van der Waals surface area contributed by atoms with Crippen LogP contribution in [0.15, 0.2) is 12.2 Å². The van der Waals surface area contributed by atoms with Crippen molar-refractivity contribution in [2.75, 3.05) is 6.54 Å². The smallest absolute Gasteiger partial charge is 0.246 e. The van der Waals surface area contributed by atoms with E-state index in [9.17, 15) is 9.59 Å². The molecule has 0 fully saturated rings. The summed E-state index contributed by atoms with van der Waals surface area (Å²) < 4.78 is 0. The van der Waals surface area contributed by atoms with E-state index in [1.165, 1.54) is 0 Å². The number of carbonyl (C=O) groups excluding carboxylic acids is 1. The molecule has 0 saturated heterocycles. The monoisotopic (exact) mass is 201 g/mol. The second-order valence-electron chi connectivity index (χ2n) is 3.95. The lowest BCUT2D eigenvalue weighted by Crippen LogP contribution is -2.29. The second-order valence-corrected chi connectivity index (χ2v) is 8.08. The van der Waals surface area contributed by atoms with Gasteiger partial charge in [-0.15, -0.1) is 0 Å². The van der Waals surface area contributed by atoms with Crippen LogP contribution in [0.4, 0.5) is 0 Å². The van der Waals surface area contributed by atoms with Crippen LogP contribution >= 0.6 is 0 Å². The van der Waals surface area contributed by atoms with E-state index in [1.54, 1.807) is 6.92 Å². The SMILES string of the molecule is C=C(C)C(=O)NCCC[Si](C)(C)O. The van der Waals surface area contributed by atoms with Crippen molar-refractivity contribution in [3.63, 3.8) is 0 Å². The highest BCUT2D eigenvalue weighted by atomic mass is 28.4. The average molecular weight is 201 g/mol. The minimum Gasteiger partial charge on any atom is -0.432 e. The number of hydrogen-bond acceptors (Lipinski definition) is 2. The summed E-state index contributed by atoms with van der Waals surface area (Å²) in [6.07, 6.45) is 0.842. The van der Waals surface area contributed by atoms with Gasteiger partial charge in [0.25, 0.3) is 0 Å². The minimum absolute atomic E-state index is 0.0996. The first kappa shape index (κ1) is 12.4. The zero-order valence-corrected chi connectivity index (χ0v) is 9.68. The standard InChI is InChI=1S/C9H19NO2Si/c1-8(2)9(11)10-6-5-7-13(3,4)12/h12H,1,5-7H2,2-4H3,(H,10,11). The predicted octanol–water partition coefficient (Wildman–Crippen LogP) is 1.27. The molecule has 3 nitrogen and oxygen atoms in total. The van der Waals surface area contributed by atoms with Gasteiger partial charge in [-0.2, -0.15) is 0 Å². The Bertz CT molecular complexity index is 196. The molecule has 0 atom stereocenters. The van der Waals surface area contributed by atoms with Crippen LogP contribution in [0.5, 0.6) is 0 Å². The molecular weight excluding hydrogens is 182 g/mol. The highest BCUT2D eigenvalue weighted by Gasteiger charge is 2.15. The van der Waals surface area contributed by atoms with E-state index in [4.69, 9.17) is 0 Å². The molecule has 0 aromatic heterocycles. The molecule has 0 aliphatic heterocycles. The van der Waals surface area contributed by atoms with Gasteiger partial charge in [0.2, 0.25) is 5.91 Å². The summed E-state index contributed by atoms with van der Waals surface area (Å²) in [5.74, 6) is -0.0996. The maximum Gasteiger partial charge on any atom is 0.246 e. The van der Waals surface area contributed by atoms with E-state index in [1.807, 2.05) is 13.1 Å².